The Morgan fingerprint density at radius 2 is 1.95 bits per heavy atom. The zero-order valence-electron chi connectivity index (χ0n) is 13.0. The van der Waals surface area contributed by atoms with Crippen LogP contribution in [0.25, 0.3) is 0 Å². The summed E-state index contributed by atoms with van der Waals surface area (Å²) in [6.07, 6.45) is 2.51. The summed E-state index contributed by atoms with van der Waals surface area (Å²) in [5.74, 6) is 0.620. The van der Waals surface area contributed by atoms with Gasteiger partial charge in [-0.3, -0.25) is 4.90 Å². The molecule has 2 aliphatic rings. The second-order valence-electron chi connectivity index (χ2n) is 6.36. The molecular weight excluding hydrogens is 262 g/mol. The maximum absolute atomic E-state index is 12.4. The maximum Gasteiger partial charge on any atom is 0.324 e. The number of carbonyl (C=O) groups excluding carboxylic acids is 1. The third-order valence-electron chi connectivity index (χ3n) is 4.64. The van der Waals surface area contributed by atoms with E-state index in [2.05, 4.69) is 43.4 Å². The van der Waals surface area contributed by atoms with Crippen molar-refractivity contribution in [2.24, 2.45) is 0 Å². The van der Waals surface area contributed by atoms with Gasteiger partial charge in [-0.2, -0.15) is 0 Å². The van der Waals surface area contributed by atoms with Crippen LogP contribution in [0.2, 0.25) is 0 Å². The minimum Gasteiger partial charge on any atom is -0.320 e. The molecule has 4 nitrogen and oxygen atoms in total. The molecule has 1 atom stereocenters. The Morgan fingerprint density at radius 1 is 1.19 bits per heavy atom. The lowest BCUT2D eigenvalue weighted by Crippen LogP contribution is -2.36. The maximum atomic E-state index is 12.4. The quantitative estimate of drug-likeness (QED) is 0.928. The molecule has 1 aromatic rings. The summed E-state index contributed by atoms with van der Waals surface area (Å²) in [4.78, 5) is 16.2. The number of piperidine rings is 1. The Hall–Kier alpha value is -1.55. The first-order valence-electron chi connectivity index (χ1n) is 8.05. The van der Waals surface area contributed by atoms with E-state index in [1.165, 1.54) is 18.4 Å². The van der Waals surface area contributed by atoms with Crippen LogP contribution in [-0.2, 0) is 0 Å². The van der Waals surface area contributed by atoms with Crippen LogP contribution >= 0.6 is 0 Å². The highest BCUT2D eigenvalue weighted by atomic mass is 16.2. The second kappa shape index (κ2) is 6.06. The van der Waals surface area contributed by atoms with E-state index in [-0.39, 0.29) is 12.1 Å². The lowest BCUT2D eigenvalue weighted by molar-refractivity contribution is 0.209. The molecule has 0 saturated carbocycles. The summed E-state index contributed by atoms with van der Waals surface area (Å²) in [7, 11) is 0. The molecule has 2 saturated heterocycles. The number of hydrogen-bond acceptors (Lipinski definition) is 2. The molecule has 2 amide bonds. The number of urea groups is 1. The van der Waals surface area contributed by atoms with E-state index in [1.54, 1.807) is 0 Å². The predicted molar refractivity (Wildman–Crippen MR) is 85.9 cm³/mol. The van der Waals surface area contributed by atoms with Gasteiger partial charge in [0.05, 0.1) is 0 Å². The average molecular weight is 287 g/mol. The summed E-state index contributed by atoms with van der Waals surface area (Å²) >= 11 is 0. The minimum atomic E-state index is 0.136. The molecule has 2 heterocycles. The fraction of sp³-hybridized carbons (Fsp3) is 0.588. The van der Waals surface area contributed by atoms with Gasteiger partial charge in [0.15, 0.2) is 0 Å². The first-order chi connectivity index (χ1) is 10.2. The van der Waals surface area contributed by atoms with E-state index in [0.29, 0.717) is 5.92 Å². The minimum absolute atomic E-state index is 0.136. The summed E-state index contributed by atoms with van der Waals surface area (Å²) < 4.78 is 0. The largest absolute Gasteiger partial charge is 0.324 e. The monoisotopic (exact) mass is 287 g/mol. The number of amides is 2. The Kier molecular flexibility index (Phi) is 4.15. The van der Waals surface area contributed by atoms with Crippen LogP contribution in [-0.4, -0.2) is 43.2 Å². The zero-order valence-corrected chi connectivity index (χ0v) is 13.0. The number of anilines is 1. The van der Waals surface area contributed by atoms with Gasteiger partial charge in [-0.05, 0) is 56.8 Å². The van der Waals surface area contributed by atoms with Gasteiger partial charge in [-0.15, -0.1) is 0 Å². The molecule has 0 radical (unpaired) electrons. The fourth-order valence-corrected chi connectivity index (χ4v) is 3.34. The van der Waals surface area contributed by atoms with Crippen LogP contribution in [0.4, 0.5) is 10.5 Å². The topological polar surface area (TPSA) is 35.6 Å². The summed E-state index contributed by atoms with van der Waals surface area (Å²) in [6.45, 7) is 7.97. The molecule has 0 spiro atoms. The average Bonchev–Trinajstić information content (AvgIpc) is 2.90. The number of benzene rings is 1. The van der Waals surface area contributed by atoms with E-state index in [4.69, 9.17) is 0 Å². The van der Waals surface area contributed by atoms with Crippen molar-refractivity contribution >= 4 is 11.7 Å². The highest BCUT2D eigenvalue weighted by Crippen LogP contribution is 2.27. The zero-order chi connectivity index (χ0) is 14.8. The first-order valence-corrected chi connectivity index (χ1v) is 8.05. The molecular formula is C17H25N3O. The number of carbonyl (C=O) groups is 1. The van der Waals surface area contributed by atoms with Crippen LogP contribution < -0.4 is 10.2 Å². The summed E-state index contributed by atoms with van der Waals surface area (Å²) in [5, 5.41) is 3.46. The Balaban J connectivity index is 1.71. The van der Waals surface area contributed by atoms with E-state index in [9.17, 15) is 4.79 Å². The van der Waals surface area contributed by atoms with Crippen molar-refractivity contribution in [3.63, 3.8) is 0 Å². The van der Waals surface area contributed by atoms with Crippen molar-refractivity contribution in [2.75, 3.05) is 31.1 Å². The Bertz CT molecular complexity index is 491. The van der Waals surface area contributed by atoms with Crippen LogP contribution in [0.1, 0.15) is 38.2 Å². The SMILES string of the molecule is CC(C)N1CCN(c2ccc(C3CCCNC3)cc2)C1=O. The predicted octanol–water partition coefficient (Wildman–Crippen LogP) is 2.80. The number of nitrogens with zero attached hydrogens (tertiary/aromatic N) is 2. The molecule has 4 heteroatoms. The molecule has 114 valence electrons. The molecule has 2 fully saturated rings. The molecule has 0 aliphatic carbocycles. The standard InChI is InChI=1S/C17H25N3O/c1-13(2)19-10-11-20(17(19)21)16-7-5-14(6-8-16)15-4-3-9-18-12-15/h5-8,13,15,18H,3-4,9-12H2,1-2H3. The molecule has 0 aromatic heterocycles. The van der Waals surface area contributed by atoms with Crippen molar-refractivity contribution < 1.29 is 4.79 Å². The molecule has 1 N–H and O–H groups in total. The Morgan fingerprint density at radius 3 is 2.52 bits per heavy atom. The molecule has 1 unspecified atom stereocenters. The highest BCUT2D eigenvalue weighted by Gasteiger charge is 2.31. The molecule has 21 heavy (non-hydrogen) atoms. The smallest absolute Gasteiger partial charge is 0.320 e. The van der Waals surface area contributed by atoms with Crippen molar-refractivity contribution in [1.29, 1.82) is 0 Å². The lowest BCUT2D eigenvalue weighted by Gasteiger charge is -2.24. The first kappa shape index (κ1) is 14.4. The number of rotatable bonds is 3. The van der Waals surface area contributed by atoms with Crippen LogP contribution in [0, 0.1) is 0 Å². The van der Waals surface area contributed by atoms with E-state index < -0.39 is 0 Å². The van der Waals surface area contributed by atoms with Gasteiger partial charge in [0, 0.05) is 31.4 Å². The van der Waals surface area contributed by atoms with Crippen molar-refractivity contribution in [2.45, 2.75) is 38.6 Å². The normalized spacial score (nSPS) is 23.2. The van der Waals surface area contributed by atoms with E-state index in [1.807, 2.05) is 9.80 Å². The van der Waals surface area contributed by atoms with Crippen molar-refractivity contribution in [3.05, 3.63) is 29.8 Å². The van der Waals surface area contributed by atoms with Gasteiger partial charge in [0.25, 0.3) is 0 Å². The van der Waals surface area contributed by atoms with Gasteiger partial charge >= 0.3 is 6.03 Å². The van der Waals surface area contributed by atoms with Gasteiger partial charge in [-0.1, -0.05) is 12.1 Å². The third kappa shape index (κ3) is 2.91. The fourth-order valence-electron chi connectivity index (χ4n) is 3.34. The van der Waals surface area contributed by atoms with Gasteiger partial charge in [-0.25, -0.2) is 4.79 Å². The van der Waals surface area contributed by atoms with Gasteiger partial charge < -0.3 is 10.2 Å². The van der Waals surface area contributed by atoms with E-state index >= 15 is 0 Å². The lowest BCUT2D eigenvalue weighted by atomic mass is 9.91. The molecule has 2 aliphatic heterocycles. The summed E-state index contributed by atoms with van der Waals surface area (Å²) in [6, 6.07) is 9.00. The summed E-state index contributed by atoms with van der Waals surface area (Å²) in [5.41, 5.74) is 2.41. The molecule has 3 rings (SSSR count). The van der Waals surface area contributed by atoms with Crippen LogP contribution in [0.15, 0.2) is 24.3 Å². The van der Waals surface area contributed by atoms with Crippen LogP contribution in [0.3, 0.4) is 0 Å². The number of nitrogens with one attached hydrogen (secondary N) is 1. The van der Waals surface area contributed by atoms with Crippen molar-refractivity contribution in [3.8, 4) is 0 Å². The van der Waals surface area contributed by atoms with Crippen molar-refractivity contribution in [1.82, 2.24) is 10.2 Å². The van der Waals surface area contributed by atoms with Crippen LogP contribution in [0.5, 0.6) is 0 Å². The van der Waals surface area contributed by atoms with E-state index in [0.717, 1.165) is 31.9 Å². The van der Waals surface area contributed by atoms with Gasteiger partial charge in [0.2, 0.25) is 0 Å². The van der Waals surface area contributed by atoms with Gasteiger partial charge in [0.1, 0.15) is 0 Å². The number of hydrogen-bond donors (Lipinski definition) is 1. The third-order valence-corrected chi connectivity index (χ3v) is 4.64. The molecule has 1 aromatic carbocycles. The Labute approximate surface area is 127 Å². The molecule has 0 bridgehead atoms. The second-order valence-corrected chi connectivity index (χ2v) is 6.36. The highest BCUT2D eigenvalue weighted by molar-refractivity contribution is 5.94.